The van der Waals surface area contributed by atoms with E-state index in [-0.39, 0.29) is 5.97 Å². The monoisotopic (exact) mass is 219 g/mol. The van der Waals surface area contributed by atoms with Crippen molar-refractivity contribution in [2.24, 2.45) is 0 Å². The van der Waals surface area contributed by atoms with E-state index in [4.69, 9.17) is 4.74 Å². The molecule has 1 aromatic rings. The minimum Gasteiger partial charge on any atom is -0.464 e. The first-order valence-corrected chi connectivity index (χ1v) is 5.77. The molecule has 3 heteroatoms. The van der Waals surface area contributed by atoms with Gasteiger partial charge in [0.15, 0.2) is 0 Å². The SMILES string of the molecule is O=C(CNC1CC1)OCCc1ccccc1. The van der Waals surface area contributed by atoms with E-state index in [0.29, 0.717) is 19.2 Å². The Morgan fingerprint density at radius 2 is 2.06 bits per heavy atom. The fourth-order valence-corrected chi connectivity index (χ4v) is 1.49. The van der Waals surface area contributed by atoms with E-state index in [1.807, 2.05) is 30.3 Å². The Hall–Kier alpha value is -1.35. The van der Waals surface area contributed by atoms with Crippen LogP contribution in [0.3, 0.4) is 0 Å². The summed E-state index contributed by atoms with van der Waals surface area (Å²) in [4.78, 5) is 11.3. The maximum absolute atomic E-state index is 11.3. The molecule has 1 aliphatic carbocycles. The third kappa shape index (κ3) is 4.03. The third-order valence-electron chi connectivity index (χ3n) is 2.61. The number of benzene rings is 1. The largest absolute Gasteiger partial charge is 0.464 e. The molecule has 1 aliphatic rings. The fourth-order valence-electron chi connectivity index (χ4n) is 1.49. The molecule has 3 nitrogen and oxygen atoms in total. The number of carbonyl (C=O) groups excluding carboxylic acids is 1. The van der Waals surface area contributed by atoms with Crippen LogP contribution in [-0.4, -0.2) is 25.2 Å². The van der Waals surface area contributed by atoms with Gasteiger partial charge in [-0.05, 0) is 18.4 Å². The second-order valence-electron chi connectivity index (χ2n) is 4.11. The van der Waals surface area contributed by atoms with E-state index in [2.05, 4.69) is 5.32 Å². The van der Waals surface area contributed by atoms with Crippen molar-refractivity contribution in [1.29, 1.82) is 0 Å². The van der Waals surface area contributed by atoms with Crippen molar-refractivity contribution in [2.75, 3.05) is 13.2 Å². The minimum atomic E-state index is -0.150. The van der Waals surface area contributed by atoms with Gasteiger partial charge in [-0.1, -0.05) is 30.3 Å². The van der Waals surface area contributed by atoms with Crippen LogP contribution in [-0.2, 0) is 16.0 Å². The highest BCUT2D eigenvalue weighted by Gasteiger charge is 2.21. The van der Waals surface area contributed by atoms with Gasteiger partial charge in [0.05, 0.1) is 13.2 Å². The van der Waals surface area contributed by atoms with Gasteiger partial charge in [-0.3, -0.25) is 4.79 Å². The van der Waals surface area contributed by atoms with Crippen LogP contribution in [0.2, 0.25) is 0 Å². The van der Waals surface area contributed by atoms with Gasteiger partial charge in [0, 0.05) is 12.5 Å². The van der Waals surface area contributed by atoms with Gasteiger partial charge >= 0.3 is 5.97 Å². The molecule has 0 amide bonds. The van der Waals surface area contributed by atoms with E-state index in [0.717, 1.165) is 6.42 Å². The second kappa shape index (κ2) is 5.66. The lowest BCUT2D eigenvalue weighted by atomic mass is 10.2. The highest BCUT2D eigenvalue weighted by molar-refractivity contribution is 5.71. The zero-order chi connectivity index (χ0) is 11.2. The molecular weight excluding hydrogens is 202 g/mol. The molecule has 0 radical (unpaired) electrons. The number of hydrogen-bond donors (Lipinski definition) is 1. The fraction of sp³-hybridized carbons (Fsp3) is 0.462. The van der Waals surface area contributed by atoms with Crippen molar-refractivity contribution in [2.45, 2.75) is 25.3 Å². The van der Waals surface area contributed by atoms with Gasteiger partial charge in [-0.2, -0.15) is 0 Å². The summed E-state index contributed by atoms with van der Waals surface area (Å²) in [6.07, 6.45) is 3.17. The summed E-state index contributed by atoms with van der Waals surface area (Å²) in [6, 6.07) is 10.6. The van der Waals surface area contributed by atoms with Crippen molar-refractivity contribution in [3.8, 4) is 0 Å². The molecule has 0 spiro atoms. The second-order valence-corrected chi connectivity index (χ2v) is 4.11. The summed E-state index contributed by atoms with van der Waals surface area (Å²) in [5.74, 6) is -0.150. The minimum absolute atomic E-state index is 0.150. The van der Waals surface area contributed by atoms with Crippen LogP contribution in [0.4, 0.5) is 0 Å². The predicted octanol–water partition coefficient (Wildman–Crippen LogP) is 1.52. The molecular formula is C13H17NO2. The predicted molar refractivity (Wildman–Crippen MR) is 62.1 cm³/mol. The zero-order valence-electron chi connectivity index (χ0n) is 9.32. The van der Waals surface area contributed by atoms with Crippen LogP contribution in [0.1, 0.15) is 18.4 Å². The Morgan fingerprint density at radius 1 is 1.31 bits per heavy atom. The molecule has 1 saturated carbocycles. The highest BCUT2D eigenvalue weighted by Crippen LogP contribution is 2.17. The summed E-state index contributed by atoms with van der Waals surface area (Å²) in [5, 5.41) is 3.13. The normalized spacial score (nSPS) is 14.8. The number of ether oxygens (including phenoxy) is 1. The molecule has 16 heavy (non-hydrogen) atoms. The van der Waals surface area contributed by atoms with Crippen LogP contribution < -0.4 is 5.32 Å². The molecule has 1 fully saturated rings. The Labute approximate surface area is 95.8 Å². The smallest absolute Gasteiger partial charge is 0.319 e. The molecule has 0 aromatic heterocycles. The molecule has 2 rings (SSSR count). The van der Waals surface area contributed by atoms with Crippen LogP contribution in [0.5, 0.6) is 0 Å². The van der Waals surface area contributed by atoms with Crippen LogP contribution in [0, 0.1) is 0 Å². The lowest BCUT2D eigenvalue weighted by Gasteiger charge is -2.05. The van der Waals surface area contributed by atoms with Crippen LogP contribution in [0.15, 0.2) is 30.3 Å². The zero-order valence-corrected chi connectivity index (χ0v) is 9.32. The van der Waals surface area contributed by atoms with Crippen molar-refractivity contribution < 1.29 is 9.53 Å². The van der Waals surface area contributed by atoms with E-state index in [9.17, 15) is 4.79 Å². The summed E-state index contributed by atoms with van der Waals surface area (Å²) < 4.78 is 5.12. The van der Waals surface area contributed by atoms with Crippen molar-refractivity contribution in [1.82, 2.24) is 5.32 Å². The van der Waals surface area contributed by atoms with E-state index in [1.165, 1.54) is 18.4 Å². The number of nitrogens with one attached hydrogen (secondary N) is 1. The van der Waals surface area contributed by atoms with Crippen molar-refractivity contribution in [3.05, 3.63) is 35.9 Å². The van der Waals surface area contributed by atoms with E-state index in [1.54, 1.807) is 0 Å². The van der Waals surface area contributed by atoms with Gasteiger partial charge < -0.3 is 10.1 Å². The Kier molecular flexibility index (Phi) is 3.94. The Balaban J connectivity index is 1.58. The van der Waals surface area contributed by atoms with E-state index < -0.39 is 0 Å². The molecule has 1 N–H and O–H groups in total. The summed E-state index contributed by atoms with van der Waals surface area (Å²) in [5.41, 5.74) is 1.20. The molecule has 0 heterocycles. The van der Waals surface area contributed by atoms with Crippen molar-refractivity contribution in [3.63, 3.8) is 0 Å². The van der Waals surface area contributed by atoms with Gasteiger partial charge in [0.1, 0.15) is 0 Å². The average molecular weight is 219 g/mol. The Bertz CT molecular complexity index is 333. The number of rotatable bonds is 6. The van der Waals surface area contributed by atoms with Crippen LogP contribution in [0.25, 0.3) is 0 Å². The van der Waals surface area contributed by atoms with Gasteiger partial charge in [-0.15, -0.1) is 0 Å². The maximum Gasteiger partial charge on any atom is 0.319 e. The summed E-state index contributed by atoms with van der Waals surface area (Å²) in [7, 11) is 0. The summed E-state index contributed by atoms with van der Waals surface area (Å²) >= 11 is 0. The molecule has 0 bridgehead atoms. The van der Waals surface area contributed by atoms with Gasteiger partial charge in [0.25, 0.3) is 0 Å². The van der Waals surface area contributed by atoms with Crippen molar-refractivity contribution >= 4 is 5.97 Å². The molecule has 0 atom stereocenters. The lowest BCUT2D eigenvalue weighted by molar-refractivity contribution is -0.142. The highest BCUT2D eigenvalue weighted by atomic mass is 16.5. The van der Waals surface area contributed by atoms with Gasteiger partial charge in [-0.25, -0.2) is 0 Å². The molecule has 0 unspecified atom stereocenters. The first-order valence-electron chi connectivity index (χ1n) is 5.77. The first kappa shape index (κ1) is 11.1. The van der Waals surface area contributed by atoms with E-state index >= 15 is 0 Å². The number of carbonyl (C=O) groups is 1. The standard InChI is InChI=1S/C13H17NO2/c15-13(10-14-12-6-7-12)16-9-8-11-4-2-1-3-5-11/h1-5,12,14H,6-10H2. The molecule has 1 aromatic carbocycles. The van der Waals surface area contributed by atoms with Crippen LogP contribution >= 0.6 is 0 Å². The average Bonchev–Trinajstić information content (AvgIpc) is 3.12. The maximum atomic E-state index is 11.3. The number of esters is 1. The quantitative estimate of drug-likeness (QED) is 0.737. The Morgan fingerprint density at radius 3 is 2.75 bits per heavy atom. The third-order valence-corrected chi connectivity index (χ3v) is 2.61. The summed E-state index contributed by atoms with van der Waals surface area (Å²) in [6.45, 7) is 0.814. The molecule has 0 saturated heterocycles. The number of hydrogen-bond acceptors (Lipinski definition) is 3. The topological polar surface area (TPSA) is 38.3 Å². The van der Waals surface area contributed by atoms with Gasteiger partial charge in [0.2, 0.25) is 0 Å². The first-order chi connectivity index (χ1) is 7.84. The lowest BCUT2D eigenvalue weighted by Crippen LogP contribution is -2.26. The molecule has 86 valence electrons. The molecule has 0 aliphatic heterocycles.